The zero-order chi connectivity index (χ0) is 15.4. The fourth-order valence-corrected chi connectivity index (χ4v) is 2.19. The summed E-state index contributed by atoms with van der Waals surface area (Å²) in [5, 5.41) is 8.92. The van der Waals surface area contributed by atoms with E-state index in [0.717, 1.165) is 11.1 Å². The first-order valence-electron chi connectivity index (χ1n) is 6.46. The first-order chi connectivity index (χ1) is 9.97. The molecule has 1 aromatic rings. The fourth-order valence-electron chi connectivity index (χ4n) is 2.19. The lowest BCUT2D eigenvalue weighted by atomic mass is 10.1. The predicted octanol–water partition coefficient (Wildman–Crippen LogP) is 1.90. The number of nitrogens with zero attached hydrogens (tertiary/aromatic N) is 1. The summed E-state index contributed by atoms with van der Waals surface area (Å²) in [4.78, 5) is 24.4. The van der Waals surface area contributed by atoms with Crippen LogP contribution in [0.5, 0.6) is 0 Å². The van der Waals surface area contributed by atoms with E-state index >= 15 is 0 Å². The molecule has 5 nitrogen and oxygen atoms in total. The zero-order valence-electron chi connectivity index (χ0n) is 11.2. The quantitative estimate of drug-likeness (QED) is 0.815. The van der Waals surface area contributed by atoms with Crippen LogP contribution < -0.4 is 0 Å². The van der Waals surface area contributed by atoms with Crippen molar-refractivity contribution < 1.29 is 28.2 Å². The third kappa shape index (κ3) is 3.98. The Kier molecular flexibility index (Phi) is 4.85. The maximum absolute atomic E-state index is 11.9. The number of carbonyl (C=O) groups excluding carboxylic acids is 1. The normalized spacial score (nSPS) is 13.6. The van der Waals surface area contributed by atoms with Gasteiger partial charge in [0.1, 0.15) is 6.61 Å². The summed E-state index contributed by atoms with van der Waals surface area (Å²) in [6, 6.07) is 4.75. The number of hydrogen-bond acceptors (Lipinski definition) is 3. The van der Waals surface area contributed by atoms with E-state index in [4.69, 9.17) is 5.11 Å². The summed E-state index contributed by atoms with van der Waals surface area (Å²) < 4.78 is 28.4. The molecule has 0 spiro atoms. The Morgan fingerprint density at radius 1 is 1.29 bits per heavy atom. The minimum atomic E-state index is -2.54. The number of aromatic carboxylic acids is 1. The van der Waals surface area contributed by atoms with E-state index < -0.39 is 19.0 Å². The topological polar surface area (TPSA) is 66.8 Å². The number of amides is 1. The molecular formula is C14H15F2NO4. The molecule has 0 atom stereocenters. The van der Waals surface area contributed by atoms with Crippen LogP contribution in [0.15, 0.2) is 18.2 Å². The lowest BCUT2D eigenvalue weighted by Crippen LogP contribution is -2.26. The number of rotatable bonds is 6. The second-order valence-electron chi connectivity index (χ2n) is 4.75. The zero-order valence-corrected chi connectivity index (χ0v) is 11.2. The highest BCUT2D eigenvalue weighted by Crippen LogP contribution is 2.24. The van der Waals surface area contributed by atoms with E-state index in [0.29, 0.717) is 13.1 Å². The van der Waals surface area contributed by atoms with E-state index in [1.54, 1.807) is 17.0 Å². The van der Waals surface area contributed by atoms with Crippen molar-refractivity contribution in [2.45, 2.75) is 25.9 Å². The number of carbonyl (C=O) groups is 2. The molecule has 1 N–H and O–H groups in total. The van der Waals surface area contributed by atoms with Gasteiger partial charge in [0.2, 0.25) is 5.91 Å². The van der Waals surface area contributed by atoms with Crippen LogP contribution in [0, 0.1) is 0 Å². The second-order valence-corrected chi connectivity index (χ2v) is 4.75. The van der Waals surface area contributed by atoms with Gasteiger partial charge in [0.05, 0.1) is 18.6 Å². The Balaban J connectivity index is 1.87. The van der Waals surface area contributed by atoms with Gasteiger partial charge in [-0.25, -0.2) is 13.6 Å². The highest BCUT2D eigenvalue weighted by atomic mass is 19.3. The van der Waals surface area contributed by atoms with E-state index in [9.17, 15) is 18.4 Å². The number of fused-ring (bicyclic) bond motifs is 1. The van der Waals surface area contributed by atoms with Crippen LogP contribution >= 0.6 is 0 Å². The summed E-state index contributed by atoms with van der Waals surface area (Å²) in [7, 11) is 0. The lowest BCUT2D eigenvalue weighted by molar-refractivity contribution is -0.133. The molecule has 0 saturated heterocycles. The number of ether oxygens (including phenoxy) is 1. The van der Waals surface area contributed by atoms with Gasteiger partial charge in [0, 0.05) is 13.1 Å². The molecule has 1 heterocycles. The molecule has 0 fully saturated rings. The first kappa shape index (κ1) is 15.4. The van der Waals surface area contributed by atoms with Crippen molar-refractivity contribution in [3.8, 4) is 0 Å². The number of halogens is 2. The smallest absolute Gasteiger partial charge is 0.335 e. The predicted molar refractivity (Wildman–Crippen MR) is 69.1 cm³/mol. The molecule has 2 rings (SSSR count). The van der Waals surface area contributed by atoms with Crippen molar-refractivity contribution >= 4 is 11.9 Å². The minimum Gasteiger partial charge on any atom is -0.478 e. The Hall–Kier alpha value is -2.02. The van der Waals surface area contributed by atoms with Gasteiger partial charge in [-0.1, -0.05) is 6.07 Å². The first-order valence-corrected chi connectivity index (χ1v) is 6.46. The Labute approximate surface area is 120 Å². The number of carboxylic acids is 1. The van der Waals surface area contributed by atoms with Crippen molar-refractivity contribution in [2.75, 3.05) is 13.2 Å². The van der Waals surface area contributed by atoms with Crippen LogP contribution in [0.4, 0.5) is 8.78 Å². The Morgan fingerprint density at radius 2 is 2.00 bits per heavy atom. The van der Waals surface area contributed by atoms with Crippen LogP contribution in [-0.4, -0.2) is 41.5 Å². The van der Waals surface area contributed by atoms with E-state index in [1.807, 2.05) is 0 Å². The van der Waals surface area contributed by atoms with E-state index in [2.05, 4.69) is 4.74 Å². The van der Waals surface area contributed by atoms with Crippen LogP contribution in [0.3, 0.4) is 0 Å². The van der Waals surface area contributed by atoms with Gasteiger partial charge in [-0.3, -0.25) is 4.79 Å². The summed E-state index contributed by atoms with van der Waals surface area (Å²) in [5.74, 6) is -1.21. The van der Waals surface area contributed by atoms with Crippen LogP contribution in [-0.2, 0) is 22.6 Å². The highest BCUT2D eigenvalue weighted by molar-refractivity contribution is 5.88. The summed E-state index contributed by atoms with van der Waals surface area (Å²) in [6.07, 6.45) is -2.50. The number of alkyl halides is 2. The molecule has 1 aliphatic rings. The van der Waals surface area contributed by atoms with Crippen LogP contribution in [0.2, 0.25) is 0 Å². The van der Waals surface area contributed by atoms with Crippen LogP contribution in [0.1, 0.15) is 27.9 Å². The highest BCUT2D eigenvalue weighted by Gasteiger charge is 2.23. The van der Waals surface area contributed by atoms with Gasteiger partial charge in [0.25, 0.3) is 6.43 Å². The second kappa shape index (κ2) is 6.62. The Morgan fingerprint density at radius 3 is 2.67 bits per heavy atom. The maximum Gasteiger partial charge on any atom is 0.335 e. The average Bonchev–Trinajstić information content (AvgIpc) is 2.85. The van der Waals surface area contributed by atoms with Gasteiger partial charge in [-0.05, 0) is 23.3 Å². The third-order valence-corrected chi connectivity index (χ3v) is 3.23. The van der Waals surface area contributed by atoms with Crippen molar-refractivity contribution in [1.82, 2.24) is 4.90 Å². The monoisotopic (exact) mass is 299 g/mol. The Bertz CT molecular complexity index is 548. The molecule has 7 heteroatoms. The van der Waals surface area contributed by atoms with Crippen molar-refractivity contribution in [3.05, 3.63) is 34.9 Å². The van der Waals surface area contributed by atoms with Gasteiger partial charge in [0.15, 0.2) is 0 Å². The van der Waals surface area contributed by atoms with Crippen LogP contribution in [0.25, 0.3) is 0 Å². The third-order valence-electron chi connectivity index (χ3n) is 3.23. The summed E-state index contributed by atoms with van der Waals surface area (Å²) in [5.41, 5.74) is 1.89. The van der Waals surface area contributed by atoms with Gasteiger partial charge in [-0.15, -0.1) is 0 Å². The summed E-state index contributed by atoms with van der Waals surface area (Å²) in [6.45, 7) is 0.0267. The molecular weight excluding hydrogens is 284 g/mol. The fraction of sp³-hybridized carbons (Fsp3) is 0.429. The summed E-state index contributed by atoms with van der Waals surface area (Å²) >= 11 is 0. The molecule has 0 aliphatic carbocycles. The molecule has 1 aromatic carbocycles. The van der Waals surface area contributed by atoms with E-state index in [1.165, 1.54) is 6.07 Å². The number of carboxylic acid groups (broad SMARTS) is 1. The SMILES string of the molecule is O=C(O)c1ccc2c(c1)CN(C(=O)CCOCC(F)F)C2. The molecule has 0 aromatic heterocycles. The molecule has 0 bridgehead atoms. The van der Waals surface area contributed by atoms with E-state index in [-0.39, 0.29) is 24.5 Å². The number of benzene rings is 1. The van der Waals surface area contributed by atoms with Crippen molar-refractivity contribution in [3.63, 3.8) is 0 Å². The number of hydrogen-bond donors (Lipinski definition) is 1. The molecule has 1 aliphatic heterocycles. The largest absolute Gasteiger partial charge is 0.478 e. The minimum absolute atomic E-state index is 0.0342. The van der Waals surface area contributed by atoms with Gasteiger partial charge >= 0.3 is 5.97 Å². The molecule has 0 saturated carbocycles. The molecule has 1 amide bonds. The van der Waals surface area contributed by atoms with Gasteiger partial charge < -0.3 is 14.7 Å². The molecule has 0 unspecified atom stereocenters. The molecule has 0 radical (unpaired) electrons. The van der Waals surface area contributed by atoms with Gasteiger partial charge in [-0.2, -0.15) is 0 Å². The maximum atomic E-state index is 11.9. The standard InChI is InChI=1S/C14H15F2NO4/c15-12(16)8-21-4-3-13(18)17-6-10-2-1-9(14(19)20)5-11(10)7-17/h1-2,5,12H,3-4,6-8H2,(H,19,20). The average molecular weight is 299 g/mol. The molecule has 114 valence electrons. The van der Waals surface area contributed by atoms with Crippen molar-refractivity contribution in [1.29, 1.82) is 0 Å². The lowest BCUT2D eigenvalue weighted by Gasteiger charge is -2.15. The van der Waals surface area contributed by atoms with Crippen molar-refractivity contribution in [2.24, 2.45) is 0 Å². The molecule has 21 heavy (non-hydrogen) atoms.